The maximum Gasteiger partial charge on any atom is 0.222 e. The number of nitrogens with one attached hydrogen (secondary N) is 1. The second kappa shape index (κ2) is 8.76. The van der Waals surface area contributed by atoms with Crippen LogP contribution in [-0.2, 0) is 22.4 Å². The summed E-state index contributed by atoms with van der Waals surface area (Å²) >= 11 is 0. The molecule has 126 valence electrons. The van der Waals surface area contributed by atoms with Crippen LogP contribution in [0.2, 0.25) is 0 Å². The maximum absolute atomic E-state index is 12.9. The minimum absolute atomic E-state index is 0.142. The zero-order chi connectivity index (χ0) is 17.4. The number of nitrogens with two attached hydrogens (primary N) is 1. The second-order valence-electron chi connectivity index (χ2n) is 5.59. The number of carbonyl (C=O) groups is 2. The van der Waals surface area contributed by atoms with Gasteiger partial charge in [0.15, 0.2) is 0 Å². The number of aryl methyl sites for hydroxylation is 1. The molecule has 0 aliphatic rings. The Morgan fingerprint density at radius 1 is 1.08 bits per heavy atom. The van der Waals surface area contributed by atoms with Crippen LogP contribution in [0.25, 0.3) is 0 Å². The van der Waals surface area contributed by atoms with E-state index in [1.807, 2.05) is 12.1 Å². The van der Waals surface area contributed by atoms with Gasteiger partial charge in [0.25, 0.3) is 0 Å². The highest BCUT2D eigenvalue weighted by Gasteiger charge is 2.17. The van der Waals surface area contributed by atoms with Crippen molar-refractivity contribution in [2.24, 2.45) is 11.7 Å². The third kappa shape index (κ3) is 5.79. The Balaban J connectivity index is 1.81. The van der Waals surface area contributed by atoms with Gasteiger partial charge in [-0.25, -0.2) is 4.39 Å². The van der Waals surface area contributed by atoms with Gasteiger partial charge < -0.3 is 11.1 Å². The largest absolute Gasteiger partial charge is 0.369 e. The van der Waals surface area contributed by atoms with Crippen LogP contribution in [0.5, 0.6) is 0 Å². The molecule has 6 heteroatoms. The number of rotatable bonds is 8. The molecule has 0 spiro atoms. The fourth-order valence-electron chi connectivity index (χ4n) is 2.31. The molecule has 3 N–H and O–H groups in total. The summed E-state index contributed by atoms with van der Waals surface area (Å²) in [5.74, 6) is -1.50. The van der Waals surface area contributed by atoms with Gasteiger partial charge in [-0.2, -0.15) is 0 Å². The van der Waals surface area contributed by atoms with Crippen LogP contribution in [0.3, 0.4) is 0 Å². The Hall–Kier alpha value is -2.76. The average Bonchev–Trinajstić information content (AvgIpc) is 2.59. The second-order valence-corrected chi connectivity index (χ2v) is 5.59. The first-order valence-corrected chi connectivity index (χ1v) is 7.74. The van der Waals surface area contributed by atoms with Gasteiger partial charge >= 0.3 is 0 Å². The lowest BCUT2D eigenvalue weighted by atomic mass is 9.98. The number of benzene rings is 1. The van der Waals surface area contributed by atoms with Crippen LogP contribution in [-0.4, -0.2) is 23.3 Å². The minimum atomic E-state index is -0.527. The van der Waals surface area contributed by atoms with Gasteiger partial charge in [-0.3, -0.25) is 14.6 Å². The molecule has 2 rings (SSSR count). The Labute approximate surface area is 140 Å². The zero-order valence-electron chi connectivity index (χ0n) is 13.2. The Bertz CT molecular complexity index is 674. The third-order valence-electron chi connectivity index (χ3n) is 3.73. The summed E-state index contributed by atoms with van der Waals surface area (Å²) in [7, 11) is 0. The van der Waals surface area contributed by atoms with E-state index in [9.17, 15) is 14.0 Å². The number of hydrogen-bond donors (Lipinski definition) is 2. The molecule has 1 aromatic carbocycles. The van der Waals surface area contributed by atoms with E-state index >= 15 is 0 Å². The van der Waals surface area contributed by atoms with Crippen LogP contribution in [0.15, 0.2) is 48.8 Å². The molecule has 1 aromatic heterocycles. The van der Waals surface area contributed by atoms with E-state index in [1.165, 1.54) is 12.1 Å². The van der Waals surface area contributed by atoms with Crippen molar-refractivity contribution in [1.82, 2.24) is 10.3 Å². The predicted octanol–water partition coefficient (Wildman–Crippen LogP) is 1.61. The van der Waals surface area contributed by atoms with Crippen molar-refractivity contribution in [2.75, 3.05) is 6.54 Å². The molecule has 2 aromatic rings. The molecule has 24 heavy (non-hydrogen) atoms. The van der Waals surface area contributed by atoms with Crippen molar-refractivity contribution in [2.45, 2.75) is 19.3 Å². The van der Waals surface area contributed by atoms with Gasteiger partial charge in [0.2, 0.25) is 11.8 Å². The number of carbonyl (C=O) groups excluding carboxylic acids is 2. The predicted molar refractivity (Wildman–Crippen MR) is 88.4 cm³/mol. The van der Waals surface area contributed by atoms with Crippen LogP contribution in [0.1, 0.15) is 17.5 Å². The van der Waals surface area contributed by atoms with Crippen molar-refractivity contribution in [1.29, 1.82) is 0 Å². The van der Waals surface area contributed by atoms with Gasteiger partial charge in [-0.05, 0) is 48.2 Å². The lowest BCUT2D eigenvalue weighted by Crippen LogP contribution is -2.37. The van der Waals surface area contributed by atoms with Crippen molar-refractivity contribution < 1.29 is 14.0 Å². The van der Waals surface area contributed by atoms with E-state index in [2.05, 4.69) is 10.3 Å². The van der Waals surface area contributed by atoms with Gasteiger partial charge in [0.05, 0.1) is 5.92 Å². The smallest absolute Gasteiger partial charge is 0.222 e. The molecule has 0 bridgehead atoms. The molecule has 2 amide bonds. The topological polar surface area (TPSA) is 85.1 Å². The molecule has 1 heterocycles. The number of primary amides is 1. The standard InChI is InChI=1S/C18H20FN3O2/c19-16-4-1-14(2-5-16)11-15(18(20)24)12-22-17(23)6-3-13-7-9-21-10-8-13/h1-2,4-5,7-10,15H,3,6,11-12H2,(H2,20,24)(H,22,23)/t15-/m0/s1. The molecule has 0 fully saturated rings. The van der Waals surface area contributed by atoms with Gasteiger partial charge in [0.1, 0.15) is 5.82 Å². The molecule has 0 saturated carbocycles. The molecular formula is C18H20FN3O2. The maximum atomic E-state index is 12.9. The molecule has 0 radical (unpaired) electrons. The van der Waals surface area contributed by atoms with Crippen LogP contribution < -0.4 is 11.1 Å². The highest BCUT2D eigenvalue weighted by atomic mass is 19.1. The first-order chi connectivity index (χ1) is 11.5. The Kier molecular flexibility index (Phi) is 6.42. The summed E-state index contributed by atoms with van der Waals surface area (Å²) in [6, 6.07) is 9.59. The number of aromatic nitrogens is 1. The highest BCUT2D eigenvalue weighted by Crippen LogP contribution is 2.10. The monoisotopic (exact) mass is 329 g/mol. The van der Waals surface area contributed by atoms with E-state index in [-0.39, 0.29) is 18.3 Å². The van der Waals surface area contributed by atoms with Crippen LogP contribution >= 0.6 is 0 Å². The van der Waals surface area contributed by atoms with E-state index in [0.29, 0.717) is 19.3 Å². The fourth-order valence-corrected chi connectivity index (χ4v) is 2.31. The molecule has 0 aliphatic heterocycles. The van der Waals surface area contributed by atoms with E-state index in [1.54, 1.807) is 24.5 Å². The Morgan fingerprint density at radius 3 is 2.38 bits per heavy atom. The SMILES string of the molecule is NC(=O)[C@H](CNC(=O)CCc1ccncc1)Cc1ccc(F)cc1. The van der Waals surface area contributed by atoms with Gasteiger partial charge in [-0.15, -0.1) is 0 Å². The molecule has 5 nitrogen and oxygen atoms in total. The molecule has 0 aliphatic carbocycles. The van der Waals surface area contributed by atoms with E-state index < -0.39 is 11.8 Å². The number of nitrogens with zero attached hydrogens (tertiary/aromatic N) is 1. The quantitative estimate of drug-likeness (QED) is 0.771. The van der Waals surface area contributed by atoms with Crippen LogP contribution in [0.4, 0.5) is 4.39 Å². The molecule has 1 atom stereocenters. The van der Waals surface area contributed by atoms with Crippen molar-refractivity contribution in [3.8, 4) is 0 Å². The average molecular weight is 329 g/mol. The van der Waals surface area contributed by atoms with Gasteiger partial charge in [0, 0.05) is 25.4 Å². The number of amides is 2. The Morgan fingerprint density at radius 2 is 1.75 bits per heavy atom. The zero-order valence-corrected chi connectivity index (χ0v) is 13.2. The summed E-state index contributed by atoms with van der Waals surface area (Å²) in [6.45, 7) is 0.169. The molecular weight excluding hydrogens is 309 g/mol. The first kappa shape index (κ1) is 17.6. The third-order valence-corrected chi connectivity index (χ3v) is 3.73. The van der Waals surface area contributed by atoms with Crippen molar-refractivity contribution >= 4 is 11.8 Å². The number of pyridine rings is 1. The summed E-state index contributed by atoms with van der Waals surface area (Å²) in [5.41, 5.74) is 7.22. The van der Waals surface area contributed by atoms with Gasteiger partial charge in [-0.1, -0.05) is 12.1 Å². The van der Waals surface area contributed by atoms with Crippen LogP contribution in [0, 0.1) is 11.7 Å². The highest BCUT2D eigenvalue weighted by molar-refractivity contribution is 5.80. The minimum Gasteiger partial charge on any atom is -0.369 e. The lowest BCUT2D eigenvalue weighted by molar-refractivity contribution is -0.123. The number of hydrogen-bond acceptors (Lipinski definition) is 3. The summed E-state index contributed by atoms with van der Waals surface area (Å²) < 4.78 is 12.9. The van der Waals surface area contributed by atoms with Crippen molar-refractivity contribution in [3.05, 3.63) is 65.7 Å². The summed E-state index contributed by atoms with van der Waals surface area (Å²) in [4.78, 5) is 27.4. The first-order valence-electron chi connectivity index (χ1n) is 7.74. The summed E-state index contributed by atoms with van der Waals surface area (Å²) in [6.07, 6.45) is 4.65. The molecule has 0 unspecified atom stereocenters. The normalized spacial score (nSPS) is 11.7. The van der Waals surface area contributed by atoms with Crippen molar-refractivity contribution in [3.63, 3.8) is 0 Å². The molecule has 0 saturated heterocycles. The van der Waals surface area contributed by atoms with E-state index in [0.717, 1.165) is 11.1 Å². The summed E-state index contributed by atoms with van der Waals surface area (Å²) in [5, 5.41) is 2.74. The fraction of sp³-hybridized carbons (Fsp3) is 0.278. The number of halogens is 1. The van der Waals surface area contributed by atoms with E-state index in [4.69, 9.17) is 5.73 Å². The lowest BCUT2D eigenvalue weighted by Gasteiger charge is -2.14.